The predicted octanol–water partition coefficient (Wildman–Crippen LogP) is 5.70. The SMILES string of the molecule is CCOCC.COC(=O)C(C)OC(=O)c1cc(-c2ccc(C(F)(F)F)cc2Cl)ccc1[N+](=O)[O-]. The Morgan fingerprint density at radius 2 is 1.74 bits per heavy atom. The fourth-order valence-corrected chi connectivity index (χ4v) is 2.88. The van der Waals surface area contributed by atoms with Crippen LogP contribution in [0.1, 0.15) is 36.7 Å². The molecule has 186 valence electrons. The number of halogens is 4. The number of carbonyl (C=O) groups excluding carboxylic acids is 2. The van der Waals surface area contributed by atoms with Gasteiger partial charge in [0.25, 0.3) is 5.69 Å². The highest BCUT2D eigenvalue weighted by atomic mass is 35.5. The van der Waals surface area contributed by atoms with Gasteiger partial charge in [-0.3, -0.25) is 10.1 Å². The summed E-state index contributed by atoms with van der Waals surface area (Å²) < 4.78 is 52.5. The lowest BCUT2D eigenvalue weighted by Gasteiger charge is -2.13. The Balaban J connectivity index is 0.00000104. The lowest BCUT2D eigenvalue weighted by atomic mass is 10.0. The molecule has 34 heavy (non-hydrogen) atoms. The number of nitrogens with zero attached hydrogens (tertiary/aromatic N) is 1. The molecule has 0 N–H and O–H groups in total. The second-order valence-corrected chi connectivity index (χ2v) is 6.94. The largest absolute Gasteiger partial charge is 0.466 e. The van der Waals surface area contributed by atoms with Crippen molar-refractivity contribution in [1.29, 1.82) is 0 Å². The number of carbonyl (C=O) groups is 2. The lowest BCUT2D eigenvalue weighted by Crippen LogP contribution is -2.25. The Morgan fingerprint density at radius 1 is 1.12 bits per heavy atom. The van der Waals surface area contributed by atoms with Gasteiger partial charge in [0.1, 0.15) is 5.56 Å². The summed E-state index contributed by atoms with van der Waals surface area (Å²) in [6.07, 6.45) is -5.93. The number of rotatable bonds is 7. The van der Waals surface area contributed by atoms with E-state index in [1.165, 1.54) is 13.0 Å². The number of esters is 2. The fraction of sp³-hybridized carbons (Fsp3) is 0.364. The highest BCUT2D eigenvalue weighted by Crippen LogP contribution is 2.37. The molecule has 2 aromatic carbocycles. The molecule has 0 heterocycles. The molecule has 0 aliphatic heterocycles. The highest BCUT2D eigenvalue weighted by molar-refractivity contribution is 6.33. The van der Waals surface area contributed by atoms with Crippen LogP contribution in [0.15, 0.2) is 36.4 Å². The van der Waals surface area contributed by atoms with E-state index >= 15 is 0 Å². The van der Waals surface area contributed by atoms with Crippen molar-refractivity contribution >= 4 is 29.2 Å². The van der Waals surface area contributed by atoms with E-state index in [0.717, 1.165) is 44.6 Å². The number of benzene rings is 2. The van der Waals surface area contributed by atoms with Gasteiger partial charge in [0.15, 0.2) is 6.10 Å². The Hall–Kier alpha value is -3.18. The summed E-state index contributed by atoms with van der Waals surface area (Å²) in [5, 5.41) is 11.0. The maximum absolute atomic E-state index is 12.8. The van der Waals surface area contributed by atoms with Crippen LogP contribution in [0.5, 0.6) is 0 Å². The fourth-order valence-electron chi connectivity index (χ4n) is 2.59. The van der Waals surface area contributed by atoms with Gasteiger partial charge in [-0.05, 0) is 50.6 Å². The molecule has 0 aromatic heterocycles. The number of hydrogen-bond acceptors (Lipinski definition) is 7. The van der Waals surface area contributed by atoms with E-state index in [2.05, 4.69) is 4.74 Å². The molecule has 0 fully saturated rings. The third-order valence-corrected chi connectivity index (χ3v) is 4.56. The number of nitro benzene ring substituents is 1. The van der Waals surface area contributed by atoms with Crippen molar-refractivity contribution in [1.82, 2.24) is 0 Å². The van der Waals surface area contributed by atoms with Crippen molar-refractivity contribution in [2.75, 3.05) is 20.3 Å². The van der Waals surface area contributed by atoms with Gasteiger partial charge in [-0.2, -0.15) is 13.2 Å². The number of nitro groups is 1. The van der Waals surface area contributed by atoms with E-state index in [9.17, 15) is 32.9 Å². The predicted molar refractivity (Wildman–Crippen MR) is 118 cm³/mol. The molecular weight excluding hydrogens is 483 g/mol. The van der Waals surface area contributed by atoms with E-state index in [1.54, 1.807) is 0 Å². The van der Waals surface area contributed by atoms with Gasteiger partial charge in [0.05, 0.1) is 17.6 Å². The maximum atomic E-state index is 12.8. The number of alkyl halides is 3. The minimum absolute atomic E-state index is 0.115. The van der Waals surface area contributed by atoms with Gasteiger partial charge in [-0.15, -0.1) is 0 Å². The van der Waals surface area contributed by atoms with Crippen molar-refractivity contribution in [2.45, 2.75) is 33.1 Å². The zero-order chi connectivity index (χ0) is 26.1. The summed E-state index contributed by atoms with van der Waals surface area (Å²) in [4.78, 5) is 34.1. The van der Waals surface area contributed by atoms with Crippen molar-refractivity contribution < 1.29 is 41.9 Å². The van der Waals surface area contributed by atoms with Crippen LogP contribution in [-0.4, -0.2) is 43.3 Å². The summed E-state index contributed by atoms with van der Waals surface area (Å²) >= 11 is 5.94. The molecule has 0 bridgehead atoms. The van der Waals surface area contributed by atoms with E-state index in [0.29, 0.717) is 6.07 Å². The summed E-state index contributed by atoms with van der Waals surface area (Å²) in [7, 11) is 1.07. The van der Waals surface area contributed by atoms with Crippen LogP contribution >= 0.6 is 11.6 Å². The van der Waals surface area contributed by atoms with Gasteiger partial charge in [0.2, 0.25) is 0 Å². The highest BCUT2D eigenvalue weighted by Gasteiger charge is 2.31. The van der Waals surface area contributed by atoms with Crippen LogP contribution in [0.25, 0.3) is 11.1 Å². The van der Waals surface area contributed by atoms with E-state index < -0.39 is 46.0 Å². The minimum atomic E-state index is -4.60. The average molecular weight is 506 g/mol. The molecule has 0 aliphatic rings. The molecule has 0 spiro atoms. The van der Waals surface area contributed by atoms with Gasteiger partial charge < -0.3 is 14.2 Å². The third kappa shape index (κ3) is 7.99. The van der Waals surface area contributed by atoms with Crippen LogP contribution in [0.3, 0.4) is 0 Å². The van der Waals surface area contributed by atoms with Crippen LogP contribution in [-0.2, 0) is 25.2 Å². The third-order valence-electron chi connectivity index (χ3n) is 4.25. The first-order valence-electron chi connectivity index (χ1n) is 9.89. The second-order valence-electron chi connectivity index (χ2n) is 6.53. The Labute approximate surface area is 198 Å². The van der Waals surface area contributed by atoms with Crippen LogP contribution in [0.2, 0.25) is 5.02 Å². The van der Waals surface area contributed by atoms with Crippen LogP contribution < -0.4 is 0 Å². The molecule has 0 aliphatic carbocycles. The zero-order valence-corrected chi connectivity index (χ0v) is 19.5. The lowest BCUT2D eigenvalue weighted by molar-refractivity contribution is -0.385. The van der Waals surface area contributed by atoms with E-state index in [4.69, 9.17) is 21.1 Å². The summed E-state index contributed by atoms with van der Waals surface area (Å²) in [5.41, 5.74) is -1.82. The molecular formula is C22H23ClF3NO7. The molecule has 2 rings (SSSR count). The second kappa shape index (κ2) is 12.9. The molecule has 1 atom stereocenters. The molecule has 2 aromatic rings. The standard InChI is InChI=1S/C18H13ClF3NO6.C4H10O/c1-9(16(24)28-2)29-17(25)13-7-10(3-6-15(13)23(26)27)12-5-4-11(8-14(12)19)18(20,21)22;1-3-5-4-2/h3-9H,1-2H3;3-4H2,1-2H3. The summed E-state index contributed by atoms with van der Waals surface area (Å²) in [6.45, 7) is 6.88. The quantitative estimate of drug-likeness (QED) is 0.270. The van der Waals surface area contributed by atoms with Crippen LogP contribution in [0.4, 0.5) is 18.9 Å². The molecule has 12 heteroatoms. The van der Waals surface area contributed by atoms with E-state index in [1.807, 2.05) is 13.8 Å². The van der Waals surface area contributed by atoms with Gasteiger partial charge in [-0.1, -0.05) is 17.7 Å². The van der Waals surface area contributed by atoms with Crippen molar-refractivity contribution in [3.05, 3.63) is 62.7 Å². The molecule has 0 amide bonds. The Kier molecular flexibility index (Phi) is 10.9. The van der Waals surface area contributed by atoms with Gasteiger partial charge in [-0.25, -0.2) is 9.59 Å². The maximum Gasteiger partial charge on any atom is 0.416 e. The molecule has 0 saturated heterocycles. The smallest absolute Gasteiger partial charge is 0.416 e. The Morgan fingerprint density at radius 3 is 2.18 bits per heavy atom. The van der Waals surface area contributed by atoms with Gasteiger partial charge in [0, 0.05) is 29.9 Å². The Bertz CT molecular complexity index is 1030. The average Bonchev–Trinajstić information content (AvgIpc) is 2.78. The molecule has 0 radical (unpaired) electrons. The molecule has 8 nitrogen and oxygen atoms in total. The van der Waals surface area contributed by atoms with E-state index in [-0.39, 0.29) is 16.1 Å². The molecule has 0 saturated carbocycles. The summed E-state index contributed by atoms with van der Waals surface area (Å²) in [6, 6.07) is 5.85. The number of methoxy groups -OCH3 is 1. The van der Waals surface area contributed by atoms with Gasteiger partial charge >= 0.3 is 18.1 Å². The zero-order valence-electron chi connectivity index (χ0n) is 18.8. The first kappa shape index (κ1) is 28.9. The number of ether oxygens (including phenoxy) is 3. The van der Waals surface area contributed by atoms with Crippen molar-refractivity contribution in [2.24, 2.45) is 0 Å². The van der Waals surface area contributed by atoms with Crippen molar-refractivity contribution in [3.8, 4) is 11.1 Å². The van der Waals surface area contributed by atoms with Crippen molar-refractivity contribution in [3.63, 3.8) is 0 Å². The summed E-state index contributed by atoms with van der Waals surface area (Å²) in [5.74, 6) is -2.05. The molecule has 1 unspecified atom stereocenters. The monoisotopic (exact) mass is 505 g/mol. The van der Waals surface area contributed by atoms with Crippen LogP contribution in [0, 0.1) is 10.1 Å². The topological polar surface area (TPSA) is 105 Å². The first-order chi connectivity index (χ1) is 15.9. The number of hydrogen-bond donors (Lipinski definition) is 0. The normalized spacial score (nSPS) is 11.6. The first-order valence-corrected chi connectivity index (χ1v) is 10.3. The minimum Gasteiger partial charge on any atom is -0.466 e.